The molecule has 0 aromatic heterocycles. The Morgan fingerprint density at radius 2 is 2.00 bits per heavy atom. The Balaban J connectivity index is 2.67. The maximum Gasteiger partial charge on any atom is 0.0630 e. The van der Waals surface area contributed by atoms with Gasteiger partial charge in [0.15, 0.2) is 0 Å². The summed E-state index contributed by atoms with van der Waals surface area (Å²) in [6.07, 6.45) is 2.83. The fraction of sp³-hybridized carbons (Fsp3) is 0.833. The van der Waals surface area contributed by atoms with Gasteiger partial charge in [0.2, 0.25) is 0 Å². The first-order valence-electron chi connectivity index (χ1n) is 5.76. The Bertz CT molecular complexity index is 205. The molecule has 3 heteroatoms. The Morgan fingerprint density at radius 1 is 1.33 bits per heavy atom. The maximum atomic E-state index is 9.89. The van der Waals surface area contributed by atoms with Crippen LogP contribution in [0.5, 0.6) is 0 Å². The largest absolute Gasteiger partial charge is 0.393 e. The topological polar surface area (TPSA) is 60.7 Å². The van der Waals surface area contributed by atoms with Crippen molar-refractivity contribution in [2.75, 3.05) is 0 Å². The molecule has 88 valence electrons. The molecule has 0 aromatic carbocycles. The van der Waals surface area contributed by atoms with Crippen molar-refractivity contribution in [3.05, 3.63) is 12.7 Å². The zero-order chi connectivity index (χ0) is 11.4. The lowest BCUT2D eigenvalue weighted by molar-refractivity contribution is -0.0217. The van der Waals surface area contributed by atoms with Crippen molar-refractivity contribution in [3.8, 4) is 0 Å². The summed E-state index contributed by atoms with van der Waals surface area (Å²) >= 11 is 0. The van der Waals surface area contributed by atoms with Gasteiger partial charge >= 0.3 is 0 Å². The van der Waals surface area contributed by atoms with E-state index in [9.17, 15) is 15.3 Å². The minimum atomic E-state index is -0.578. The Kier molecular flexibility index (Phi) is 4.77. The number of hydrogen-bond acceptors (Lipinski definition) is 3. The van der Waals surface area contributed by atoms with Crippen molar-refractivity contribution in [2.45, 2.75) is 50.9 Å². The SMILES string of the molecule is C=CC[C@H](O)[C@@H]1[C@@H]([C@@H](O)CC)CC[C@@H]1O. The minimum absolute atomic E-state index is 0.0277. The monoisotopic (exact) mass is 214 g/mol. The fourth-order valence-electron chi connectivity index (χ4n) is 2.65. The van der Waals surface area contributed by atoms with Crippen LogP contribution in [0.25, 0.3) is 0 Å². The summed E-state index contributed by atoms with van der Waals surface area (Å²) < 4.78 is 0. The van der Waals surface area contributed by atoms with Gasteiger partial charge in [-0.1, -0.05) is 13.0 Å². The number of hydrogen-bond donors (Lipinski definition) is 3. The summed E-state index contributed by atoms with van der Waals surface area (Å²) in [5.41, 5.74) is 0. The average molecular weight is 214 g/mol. The smallest absolute Gasteiger partial charge is 0.0630 e. The molecule has 0 heterocycles. The van der Waals surface area contributed by atoms with Gasteiger partial charge < -0.3 is 15.3 Å². The molecule has 15 heavy (non-hydrogen) atoms. The molecule has 0 aliphatic heterocycles. The van der Waals surface area contributed by atoms with Crippen LogP contribution in [0.3, 0.4) is 0 Å². The highest BCUT2D eigenvalue weighted by Gasteiger charge is 2.41. The molecule has 0 spiro atoms. The lowest BCUT2D eigenvalue weighted by atomic mass is 9.83. The van der Waals surface area contributed by atoms with Crippen LogP contribution in [0, 0.1) is 11.8 Å². The second-order valence-electron chi connectivity index (χ2n) is 4.45. The van der Waals surface area contributed by atoms with Crippen molar-refractivity contribution in [1.29, 1.82) is 0 Å². The van der Waals surface area contributed by atoms with E-state index < -0.39 is 18.3 Å². The van der Waals surface area contributed by atoms with E-state index in [1.165, 1.54) is 0 Å². The lowest BCUT2D eigenvalue weighted by Gasteiger charge is -2.29. The van der Waals surface area contributed by atoms with E-state index in [1.54, 1.807) is 6.08 Å². The summed E-state index contributed by atoms with van der Waals surface area (Å²) in [7, 11) is 0. The second-order valence-corrected chi connectivity index (χ2v) is 4.45. The molecule has 0 bridgehead atoms. The normalized spacial score (nSPS) is 35.1. The molecule has 3 N–H and O–H groups in total. The molecule has 3 nitrogen and oxygen atoms in total. The highest BCUT2D eigenvalue weighted by atomic mass is 16.3. The molecule has 1 aliphatic rings. The van der Waals surface area contributed by atoms with Gasteiger partial charge in [-0.05, 0) is 31.6 Å². The molecule has 5 atom stereocenters. The van der Waals surface area contributed by atoms with Crippen molar-refractivity contribution >= 4 is 0 Å². The third-order valence-corrected chi connectivity index (χ3v) is 3.50. The number of aliphatic hydroxyl groups excluding tert-OH is 3. The van der Waals surface area contributed by atoms with E-state index in [1.807, 2.05) is 6.92 Å². The zero-order valence-corrected chi connectivity index (χ0v) is 9.34. The van der Waals surface area contributed by atoms with E-state index >= 15 is 0 Å². The van der Waals surface area contributed by atoms with E-state index in [2.05, 4.69) is 6.58 Å². The first-order chi connectivity index (χ1) is 7.11. The van der Waals surface area contributed by atoms with E-state index in [0.29, 0.717) is 19.3 Å². The highest BCUT2D eigenvalue weighted by molar-refractivity contribution is 4.93. The summed E-state index contributed by atoms with van der Waals surface area (Å²) in [4.78, 5) is 0. The van der Waals surface area contributed by atoms with Crippen LogP contribution >= 0.6 is 0 Å². The molecule has 0 unspecified atom stereocenters. The van der Waals surface area contributed by atoms with Gasteiger partial charge in [-0.25, -0.2) is 0 Å². The summed E-state index contributed by atoms with van der Waals surface area (Å²) in [5, 5.41) is 29.5. The number of aliphatic hydroxyl groups is 3. The van der Waals surface area contributed by atoms with Crippen molar-refractivity contribution in [2.24, 2.45) is 11.8 Å². The maximum absolute atomic E-state index is 9.89. The molecule has 0 amide bonds. The van der Waals surface area contributed by atoms with Crippen LogP contribution in [0.4, 0.5) is 0 Å². The van der Waals surface area contributed by atoms with Crippen LogP contribution < -0.4 is 0 Å². The van der Waals surface area contributed by atoms with Crippen LogP contribution in [-0.2, 0) is 0 Å². The second kappa shape index (κ2) is 5.64. The Labute approximate surface area is 91.4 Å². The van der Waals surface area contributed by atoms with Crippen molar-refractivity contribution in [1.82, 2.24) is 0 Å². The van der Waals surface area contributed by atoms with Gasteiger partial charge in [0.05, 0.1) is 18.3 Å². The fourth-order valence-corrected chi connectivity index (χ4v) is 2.65. The molecule has 0 saturated heterocycles. The van der Waals surface area contributed by atoms with Gasteiger partial charge in [-0.15, -0.1) is 6.58 Å². The van der Waals surface area contributed by atoms with Gasteiger partial charge in [0.25, 0.3) is 0 Å². The van der Waals surface area contributed by atoms with Gasteiger partial charge in [-0.2, -0.15) is 0 Å². The first kappa shape index (κ1) is 12.7. The van der Waals surface area contributed by atoms with Crippen LogP contribution in [0.2, 0.25) is 0 Å². The van der Waals surface area contributed by atoms with E-state index in [0.717, 1.165) is 6.42 Å². The van der Waals surface area contributed by atoms with Crippen LogP contribution in [0.15, 0.2) is 12.7 Å². The molecule has 1 aliphatic carbocycles. The molecular formula is C12H22O3. The van der Waals surface area contributed by atoms with E-state index in [4.69, 9.17) is 0 Å². The predicted molar refractivity (Wildman–Crippen MR) is 59.3 cm³/mol. The molecule has 1 fully saturated rings. The molecular weight excluding hydrogens is 192 g/mol. The van der Waals surface area contributed by atoms with E-state index in [-0.39, 0.29) is 11.8 Å². The van der Waals surface area contributed by atoms with Crippen molar-refractivity contribution in [3.63, 3.8) is 0 Å². The summed E-state index contributed by atoms with van der Waals surface area (Å²) in [6, 6.07) is 0. The Hall–Kier alpha value is -0.380. The van der Waals surface area contributed by atoms with Crippen molar-refractivity contribution < 1.29 is 15.3 Å². The van der Waals surface area contributed by atoms with Crippen LogP contribution in [-0.4, -0.2) is 33.6 Å². The van der Waals surface area contributed by atoms with Crippen LogP contribution in [0.1, 0.15) is 32.6 Å². The summed E-state index contributed by atoms with van der Waals surface area (Å²) in [5.74, 6) is -0.169. The third kappa shape index (κ3) is 2.80. The van der Waals surface area contributed by atoms with Gasteiger partial charge in [0.1, 0.15) is 0 Å². The van der Waals surface area contributed by atoms with Gasteiger partial charge in [-0.3, -0.25) is 0 Å². The molecule has 0 radical (unpaired) electrons. The minimum Gasteiger partial charge on any atom is -0.393 e. The standard InChI is InChI=1S/C12H22O3/c1-3-5-10(14)12-8(9(13)4-2)6-7-11(12)15/h3,8-15H,1,4-7H2,2H3/t8-,9+,10+,11+,12+/m1/s1. The third-order valence-electron chi connectivity index (χ3n) is 3.50. The first-order valence-corrected chi connectivity index (χ1v) is 5.76. The predicted octanol–water partition coefficient (Wildman–Crippen LogP) is 1.08. The van der Waals surface area contributed by atoms with Gasteiger partial charge in [0, 0.05) is 5.92 Å². The summed E-state index contributed by atoms with van der Waals surface area (Å²) in [6.45, 7) is 5.51. The highest BCUT2D eigenvalue weighted by Crippen LogP contribution is 2.38. The Morgan fingerprint density at radius 3 is 2.53 bits per heavy atom. The lowest BCUT2D eigenvalue weighted by Crippen LogP contribution is -2.36. The zero-order valence-electron chi connectivity index (χ0n) is 9.34. The number of rotatable bonds is 5. The molecule has 1 saturated carbocycles. The molecule has 0 aromatic rings. The average Bonchev–Trinajstić information content (AvgIpc) is 2.59. The molecule has 1 rings (SSSR count). The quantitative estimate of drug-likeness (QED) is 0.600.